The molecule has 0 saturated carbocycles. The third kappa shape index (κ3) is 4.52. The van der Waals surface area contributed by atoms with Gasteiger partial charge in [-0.05, 0) is 35.7 Å². The minimum atomic E-state index is -2.06. The number of allylic oxidation sites excluding steroid dienone is 3. The Kier molecular flexibility index (Phi) is 6.51. The zero-order valence-electron chi connectivity index (χ0n) is 11.7. The Balaban J connectivity index is 2.95. The molecule has 0 aliphatic heterocycles. The van der Waals surface area contributed by atoms with E-state index in [4.69, 9.17) is 14.5 Å². The molecule has 1 aromatic rings. The van der Waals surface area contributed by atoms with Crippen LogP contribution in [0.2, 0.25) is 18.1 Å². The van der Waals surface area contributed by atoms with E-state index < -0.39 is 15.4 Å². The van der Waals surface area contributed by atoms with Gasteiger partial charge in [0.25, 0.3) is 8.32 Å². The van der Waals surface area contributed by atoms with Crippen molar-refractivity contribution in [3.8, 4) is 5.75 Å². The third-order valence-electron chi connectivity index (χ3n) is 3.06. The van der Waals surface area contributed by atoms with Crippen LogP contribution in [0.4, 0.5) is 0 Å². The number of hydrogen-bond donors (Lipinski definition) is 2. The molecule has 0 unspecified atom stereocenters. The molecule has 0 aromatic heterocycles. The molecule has 0 aliphatic rings. The zero-order valence-corrected chi connectivity index (χ0v) is 12.7. The summed E-state index contributed by atoms with van der Waals surface area (Å²) in [5.74, 6) is 0.728. The summed E-state index contributed by atoms with van der Waals surface area (Å²) in [7, 11) is -3.52. The lowest BCUT2D eigenvalue weighted by atomic mass is 9.80. The minimum Gasteiger partial charge on any atom is -0.543 e. The average Bonchev–Trinajstić information content (AvgIpc) is 2.40. The van der Waals surface area contributed by atoms with E-state index >= 15 is 0 Å². The lowest BCUT2D eigenvalue weighted by molar-refractivity contribution is 0.425. The van der Waals surface area contributed by atoms with E-state index in [0.717, 1.165) is 23.9 Å². The summed E-state index contributed by atoms with van der Waals surface area (Å²) in [5.41, 5.74) is 0.445. The van der Waals surface area contributed by atoms with Gasteiger partial charge < -0.3 is 14.5 Å². The molecule has 20 heavy (non-hydrogen) atoms. The normalized spacial score (nSPS) is 10.7. The van der Waals surface area contributed by atoms with E-state index in [9.17, 15) is 0 Å². The molecule has 106 valence electrons. The molecule has 2 N–H and O–H groups in total. The molecule has 0 radical (unpaired) electrons. The molecule has 0 aliphatic carbocycles. The van der Waals surface area contributed by atoms with Gasteiger partial charge in [-0.25, -0.2) is 0 Å². The molecule has 0 heterocycles. The highest BCUT2D eigenvalue weighted by Gasteiger charge is 2.33. The first kappa shape index (κ1) is 16.5. The Labute approximate surface area is 122 Å². The van der Waals surface area contributed by atoms with Crippen LogP contribution >= 0.6 is 0 Å². The SMILES string of the molecule is C=CC[Si](CC=C)(CC=C)Oc1ccc(B(O)O)cc1. The second-order valence-electron chi connectivity index (χ2n) is 4.71. The second-order valence-corrected chi connectivity index (χ2v) is 8.50. The van der Waals surface area contributed by atoms with Crippen molar-refractivity contribution in [2.24, 2.45) is 0 Å². The zero-order chi connectivity index (χ0) is 15.0. The third-order valence-corrected chi connectivity index (χ3v) is 6.83. The van der Waals surface area contributed by atoms with Crippen molar-refractivity contribution in [3.63, 3.8) is 0 Å². The van der Waals surface area contributed by atoms with Crippen LogP contribution in [0, 0.1) is 0 Å². The van der Waals surface area contributed by atoms with Crippen molar-refractivity contribution in [1.82, 2.24) is 0 Å². The van der Waals surface area contributed by atoms with Crippen molar-refractivity contribution in [1.29, 1.82) is 0 Å². The van der Waals surface area contributed by atoms with Crippen molar-refractivity contribution in [2.75, 3.05) is 0 Å². The molecule has 0 fully saturated rings. The summed E-state index contributed by atoms with van der Waals surface area (Å²) in [5, 5.41) is 18.2. The monoisotopic (exact) mass is 288 g/mol. The van der Waals surface area contributed by atoms with Crippen molar-refractivity contribution in [2.45, 2.75) is 18.1 Å². The Bertz CT molecular complexity index is 430. The first-order chi connectivity index (χ1) is 9.56. The van der Waals surface area contributed by atoms with E-state index in [2.05, 4.69) is 19.7 Å². The maximum absolute atomic E-state index is 9.08. The summed E-state index contributed by atoms with van der Waals surface area (Å²) < 4.78 is 6.22. The molecule has 0 bridgehead atoms. The van der Waals surface area contributed by atoms with Crippen LogP contribution in [-0.2, 0) is 0 Å². The van der Waals surface area contributed by atoms with E-state index in [-0.39, 0.29) is 0 Å². The van der Waals surface area contributed by atoms with Crippen molar-refractivity contribution in [3.05, 3.63) is 62.2 Å². The predicted octanol–water partition coefficient (Wildman–Crippen LogP) is 2.25. The molecule has 0 atom stereocenters. The van der Waals surface area contributed by atoms with E-state index in [1.165, 1.54) is 0 Å². The van der Waals surface area contributed by atoms with Gasteiger partial charge in [0.15, 0.2) is 0 Å². The summed E-state index contributed by atoms with van der Waals surface area (Å²) in [6.45, 7) is 11.4. The summed E-state index contributed by atoms with van der Waals surface area (Å²) >= 11 is 0. The van der Waals surface area contributed by atoms with E-state index in [1.807, 2.05) is 18.2 Å². The number of benzene rings is 1. The molecule has 5 heteroatoms. The Morgan fingerprint density at radius 3 is 1.75 bits per heavy atom. The predicted molar refractivity (Wildman–Crippen MR) is 87.7 cm³/mol. The van der Waals surface area contributed by atoms with Gasteiger partial charge in [-0.15, -0.1) is 19.7 Å². The van der Waals surface area contributed by atoms with Crippen LogP contribution in [0.5, 0.6) is 5.75 Å². The van der Waals surface area contributed by atoms with Gasteiger partial charge in [-0.2, -0.15) is 0 Å². The summed E-state index contributed by atoms with van der Waals surface area (Å²) in [4.78, 5) is 0. The quantitative estimate of drug-likeness (QED) is 0.541. The van der Waals surface area contributed by atoms with Crippen LogP contribution in [0.3, 0.4) is 0 Å². The molecule has 1 aromatic carbocycles. The minimum absolute atomic E-state index is 0.445. The number of rotatable bonds is 9. The molecular weight excluding hydrogens is 267 g/mol. The Morgan fingerprint density at radius 2 is 1.40 bits per heavy atom. The fraction of sp³-hybridized carbons (Fsp3) is 0.200. The molecule has 0 amide bonds. The maximum atomic E-state index is 9.08. The van der Waals surface area contributed by atoms with Gasteiger partial charge in [-0.1, -0.05) is 30.4 Å². The highest BCUT2D eigenvalue weighted by atomic mass is 28.4. The Morgan fingerprint density at radius 1 is 0.950 bits per heavy atom. The van der Waals surface area contributed by atoms with Crippen molar-refractivity contribution < 1.29 is 14.5 Å². The highest BCUT2D eigenvalue weighted by Crippen LogP contribution is 2.26. The summed E-state index contributed by atoms with van der Waals surface area (Å²) in [6, 6.07) is 9.25. The molecule has 0 saturated heterocycles. The van der Waals surface area contributed by atoms with Gasteiger partial charge in [0, 0.05) is 0 Å². The fourth-order valence-corrected chi connectivity index (χ4v) is 5.09. The lowest BCUT2D eigenvalue weighted by Crippen LogP contribution is -2.40. The lowest BCUT2D eigenvalue weighted by Gasteiger charge is -2.29. The molecule has 0 spiro atoms. The van der Waals surface area contributed by atoms with Crippen LogP contribution in [0.15, 0.2) is 62.2 Å². The molecular formula is C15H21BO3Si. The van der Waals surface area contributed by atoms with E-state index in [0.29, 0.717) is 5.46 Å². The summed E-state index contributed by atoms with van der Waals surface area (Å²) in [6.07, 6.45) is 5.64. The van der Waals surface area contributed by atoms with Gasteiger partial charge >= 0.3 is 7.12 Å². The van der Waals surface area contributed by atoms with Gasteiger partial charge in [0.1, 0.15) is 5.75 Å². The van der Waals surface area contributed by atoms with Gasteiger partial charge in [-0.3, -0.25) is 0 Å². The van der Waals surface area contributed by atoms with E-state index in [1.54, 1.807) is 24.3 Å². The second kappa shape index (κ2) is 7.89. The highest BCUT2D eigenvalue weighted by molar-refractivity contribution is 6.75. The van der Waals surface area contributed by atoms with Crippen LogP contribution < -0.4 is 9.89 Å². The topological polar surface area (TPSA) is 49.7 Å². The standard InChI is InChI=1S/C15H21BO3Si/c1-4-11-20(12-5-2,13-6-3)19-15-9-7-14(8-10-15)16(17)18/h4-10,17-18H,1-3,11-13H2. The van der Waals surface area contributed by atoms with Crippen molar-refractivity contribution >= 4 is 20.9 Å². The first-order valence-corrected chi connectivity index (χ1v) is 9.07. The average molecular weight is 288 g/mol. The maximum Gasteiger partial charge on any atom is 0.488 e. The fourth-order valence-electron chi connectivity index (χ4n) is 2.12. The Hall–Kier alpha value is -1.56. The van der Waals surface area contributed by atoms with Crippen LogP contribution in [-0.4, -0.2) is 25.5 Å². The van der Waals surface area contributed by atoms with Crippen LogP contribution in [0.1, 0.15) is 0 Å². The van der Waals surface area contributed by atoms with Gasteiger partial charge in [0.2, 0.25) is 0 Å². The van der Waals surface area contributed by atoms with Gasteiger partial charge in [0.05, 0.1) is 0 Å². The largest absolute Gasteiger partial charge is 0.543 e. The smallest absolute Gasteiger partial charge is 0.488 e. The molecule has 1 rings (SSSR count). The van der Waals surface area contributed by atoms with Crippen LogP contribution in [0.25, 0.3) is 0 Å². The number of hydrogen-bond acceptors (Lipinski definition) is 3. The first-order valence-electron chi connectivity index (χ1n) is 6.54. The molecule has 3 nitrogen and oxygen atoms in total.